The average Bonchev–Trinajstić information content (AvgIpc) is 1.81. The lowest BCUT2D eigenvalue weighted by Gasteiger charge is -2.20. The standard InChI is InChI=1S/C8H16N2O3/c1-6(5-9-12)10-7(11)13-8(2,3)4/h5-6,12H,1-4H3,(H,10,11)/t6-/m1/s1. The first-order chi connectivity index (χ1) is 5.85. The van der Waals surface area contributed by atoms with Crippen molar-refractivity contribution in [3.05, 3.63) is 0 Å². The number of hydrogen-bond donors (Lipinski definition) is 2. The van der Waals surface area contributed by atoms with Crippen molar-refractivity contribution in [2.45, 2.75) is 39.3 Å². The lowest BCUT2D eigenvalue weighted by Crippen LogP contribution is -2.38. The van der Waals surface area contributed by atoms with Crippen LogP contribution in [0.5, 0.6) is 0 Å². The van der Waals surface area contributed by atoms with Crippen molar-refractivity contribution >= 4 is 12.3 Å². The first kappa shape index (κ1) is 11.7. The fourth-order valence-corrected chi connectivity index (χ4v) is 0.631. The van der Waals surface area contributed by atoms with Gasteiger partial charge in [-0.15, -0.1) is 0 Å². The molecule has 1 atom stereocenters. The third-order valence-electron chi connectivity index (χ3n) is 1.03. The maximum Gasteiger partial charge on any atom is 0.408 e. The van der Waals surface area contributed by atoms with Gasteiger partial charge in [0.25, 0.3) is 0 Å². The van der Waals surface area contributed by atoms with Gasteiger partial charge in [-0.25, -0.2) is 4.79 Å². The van der Waals surface area contributed by atoms with Crippen molar-refractivity contribution in [3.8, 4) is 0 Å². The molecule has 0 aromatic carbocycles. The Hall–Kier alpha value is -1.26. The molecule has 0 aliphatic rings. The summed E-state index contributed by atoms with van der Waals surface area (Å²) in [6.07, 6.45) is 0.670. The summed E-state index contributed by atoms with van der Waals surface area (Å²) in [5.41, 5.74) is -0.514. The molecule has 1 amide bonds. The zero-order valence-electron chi connectivity index (χ0n) is 8.37. The summed E-state index contributed by atoms with van der Waals surface area (Å²) < 4.78 is 4.96. The van der Waals surface area contributed by atoms with Crippen LogP contribution in [0.2, 0.25) is 0 Å². The molecule has 0 fully saturated rings. The van der Waals surface area contributed by atoms with Crippen molar-refractivity contribution < 1.29 is 14.7 Å². The predicted molar refractivity (Wildman–Crippen MR) is 49.1 cm³/mol. The molecule has 0 aliphatic heterocycles. The number of rotatable bonds is 2. The highest BCUT2D eigenvalue weighted by Crippen LogP contribution is 2.06. The number of alkyl carbamates (subject to hydrolysis) is 1. The maximum absolute atomic E-state index is 11.1. The fraction of sp³-hybridized carbons (Fsp3) is 0.750. The van der Waals surface area contributed by atoms with Crippen LogP contribution in [0.1, 0.15) is 27.7 Å². The quantitative estimate of drug-likeness (QED) is 0.390. The van der Waals surface area contributed by atoms with Crippen LogP contribution in [-0.4, -0.2) is 29.2 Å². The van der Waals surface area contributed by atoms with Crippen molar-refractivity contribution in [1.29, 1.82) is 0 Å². The van der Waals surface area contributed by atoms with Gasteiger partial charge in [0.15, 0.2) is 0 Å². The lowest BCUT2D eigenvalue weighted by atomic mass is 10.2. The third kappa shape index (κ3) is 7.11. The highest BCUT2D eigenvalue weighted by molar-refractivity contribution is 5.74. The normalized spacial score (nSPS) is 14.2. The molecular formula is C8H16N2O3. The first-order valence-corrected chi connectivity index (χ1v) is 4.02. The van der Waals surface area contributed by atoms with E-state index in [1.807, 2.05) is 0 Å². The number of carbonyl (C=O) groups excluding carboxylic acids is 1. The second kappa shape index (κ2) is 4.69. The van der Waals surface area contributed by atoms with Gasteiger partial charge in [-0.1, -0.05) is 5.16 Å². The molecule has 0 unspecified atom stereocenters. The van der Waals surface area contributed by atoms with E-state index in [2.05, 4.69) is 10.5 Å². The molecular weight excluding hydrogens is 172 g/mol. The first-order valence-electron chi connectivity index (χ1n) is 4.02. The Balaban J connectivity index is 3.88. The van der Waals surface area contributed by atoms with Crippen LogP contribution in [0.25, 0.3) is 0 Å². The molecule has 0 spiro atoms. The minimum atomic E-state index is -0.528. The molecule has 2 N–H and O–H groups in total. The van der Waals surface area contributed by atoms with Crippen LogP contribution in [-0.2, 0) is 4.74 Å². The Morgan fingerprint density at radius 1 is 1.62 bits per heavy atom. The second-order valence-corrected chi connectivity index (χ2v) is 3.70. The number of nitrogens with one attached hydrogen (secondary N) is 1. The van der Waals surface area contributed by atoms with Crippen LogP contribution in [0, 0.1) is 0 Å². The van der Waals surface area contributed by atoms with E-state index in [4.69, 9.17) is 9.94 Å². The highest BCUT2D eigenvalue weighted by Gasteiger charge is 2.16. The van der Waals surface area contributed by atoms with E-state index >= 15 is 0 Å². The van der Waals surface area contributed by atoms with E-state index in [1.54, 1.807) is 27.7 Å². The molecule has 13 heavy (non-hydrogen) atoms. The van der Waals surface area contributed by atoms with Crippen molar-refractivity contribution in [3.63, 3.8) is 0 Å². The van der Waals surface area contributed by atoms with Gasteiger partial charge in [0.05, 0.1) is 12.3 Å². The van der Waals surface area contributed by atoms with Crippen LogP contribution in [0.3, 0.4) is 0 Å². The van der Waals surface area contributed by atoms with Gasteiger partial charge in [-0.05, 0) is 27.7 Å². The summed E-state index contributed by atoms with van der Waals surface area (Å²) >= 11 is 0. The summed E-state index contributed by atoms with van der Waals surface area (Å²) in [7, 11) is 0. The van der Waals surface area contributed by atoms with E-state index in [1.165, 1.54) is 6.21 Å². The smallest absolute Gasteiger partial charge is 0.408 e. The molecule has 0 saturated heterocycles. The van der Waals surface area contributed by atoms with E-state index in [-0.39, 0.29) is 6.04 Å². The van der Waals surface area contributed by atoms with E-state index in [9.17, 15) is 4.79 Å². The monoisotopic (exact) mass is 188 g/mol. The molecule has 5 heteroatoms. The Kier molecular flexibility index (Phi) is 4.23. The molecule has 76 valence electrons. The minimum absolute atomic E-state index is 0.347. The van der Waals surface area contributed by atoms with Crippen LogP contribution in [0.15, 0.2) is 5.16 Å². The van der Waals surface area contributed by atoms with Gasteiger partial charge in [-0.2, -0.15) is 0 Å². The number of carbonyl (C=O) groups is 1. The largest absolute Gasteiger partial charge is 0.444 e. The van der Waals surface area contributed by atoms with Gasteiger partial charge < -0.3 is 15.3 Å². The van der Waals surface area contributed by atoms with E-state index < -0.39 is 11.7 Å². The van der Waals surface area contributed by atoms with Crippen molar-refractivity contribution in [2.75, 3.05) is 0 Å². The Morgan fingerprint density at radius 2 is 2.15 bits per heavy atom. The second-order valence-electron chi connectivity index (χ2n) is 3.70. The SMILES string of the molecule is C[C@H](C=NO)NC(=O)OC(C)(C)C. The highest BCUT2D eigenvalue weighted by atomic mass is 16.6. The fourth-order valence-electron chi connectivity index (χ4n) is 0.631. The topological polar surface area (TPSA) is 70.9 Å². The molecule has 0 saturated carbocycles. The number of amides is 1. The molecule has 0 heterocycles. The number of nitrogens with zero attached hydrogens (tertiary/aromatic N) is 1. The Morgan fingerprint density at radius 3 is 2.54 bits per heavy atom. The zero-order valence-corrected chi connectivity index (χ0v) is 8.37. The molecule has 0 aromatic rings. The Labute approximate surface area is 77.8 Å². The van der Waals surface area contributed by atoms with Crippen molar-refractivity contribution in [1.82, 2.24) is 5.32 Å². The molecule has 0 aliphatic carbocycles. The van der Waals surface area contributed by atoms with Crippen LogP contribution in [0.4, 0.5) is 4.79 Å². The van der Waals surface area contributed by atoms with Gasteiger partial charge in [0.1, 0.15) is 5.60 Å². The summed E-state index contributed by atoms with van der Waals surface area (Å²) in [4.78, 5) is 11.1. The molecule has 5 nitrogen and oxygen atoms in total. The van der Waals surface area contributed by atoms with Gasteiger partial charge in [0.2, 0.25) is 0 Å². The Bertz CT molecular complexity index is 196. The van der Waals surface area contributed by atoms with E-state index in [0.29, 0.717) is 0 Å². The van der Waals surface area contributed by atoms with Gasteiger partial charge in [-0.3, -0.25) is 0 Å². The summed E-state index contributed by atoms with van der Waals surface area (Å²) in [6.45, 7) is 7.00. The predicted octanol–water partition coefficient (Wildman–Crippen LogP) is 1.36. The number of oxime groups is 1. The molecule has 0 radical (unpaired) electrons. The average molecular weight is 188 g/mol. The van der Waals surface area contributed by atoms with Crippen molar-refractivity contribution in [2.24, 2.45) is 5.16 Å². The molecule has 0 aromatic heterocycles. The van der Waals surface area contributed by atoms with Gasteiger partial charge >= 0.3 is 6.09 Å². The summed E-state index contributed by atoms with van der Waals surface area (Å²) in [5.74, 6) is 0. The minimum Gasteiger partial charge on any atom is -0.444 e. The van der Waals surface area contributed by atoms with Crippen LogP contribution < -0.4 is 5.32 Å². The number of hydrogen-bond acceptors (Lipinski definition) is 4. The third-order valence-corrected chi connectivity index (χ3v) is 1.03. The zero-order chi connectivity index (χ0) is 10.5. The maximum atomic E-state index is 11.1. The summed E-state index contributed by atoms with van der Waals surface area (Å²) in [5, 5.41) is 13.4. The van der Waals surface area contributed by atoms with E-state index in [0.717, 1.165) is 0 Å². The summed E-state index contributed by atoms with van der Waals surface area (Å²) in [6, 6.07) is -0.347. The molecule has 0 rings (SSSR count). The van der Waals surface area contributed by atoms with Gasteiger partial charge in [0, 0.05) is 0 Å². The number of ether oxygens (including phenoxy) is 1. The molecule has 0 bridgehead atoms. The van der Waals surface area contributed by atoms with Crippen LogP contribution >= 0.6 is 0 Å². The lowest BCUT2D eigenvalue weighted by molar-refractivity contribution is 0.0522.